The van der Waals surface area contributed by atoms with E-state index in [0.717, 1.165) is 5.56 Å². The predicted molar refractivity (Wildman–Crippen MR) is 91.0 cm³/mol. The number of rotatable bonds is 5. The van der Waals surface area contributed by atoms with E-state index in [4.69, 9.17) is 16.3 Å². The highest BCUT2D eigenvalue weighted by molar-refractivity contribution is 6.30. The minimum atomic E-state index is -0.552. The van der Waals surface area contributed by atoms with Gasteiger partial charge in [0.25, 0.3) is 5.91 Å². The molecule has 2 rings (SSSR count). The molecule has 1 atom stereocenters. The normalized spacial score (nSPS) is 11.9. The van der Waals surface area contributed by atoms with Crippen molar-refractivity contribution >= 4 is 23.5 Å². The molecule has 1 amide bonds. The summed E-state index contributed by atoms with van der Waals surface area (Å²) in [5.74, 6) is -0.932. The van der Waals surface area contributed by atoms with E-state index in [1.165, 1.54) is 0 Å². The topological polar surface area (TPSA) is 73.2 Å². The molecule has 0 aliphatic heterocycles. The number of halogens is 1. The van der Waals surface area contributed by atoms with Crippen LogP contribution in [0.4, 0.5) is 0 Å². The third-order valence-electron chi connectivity index (χ3n) is 3.77. The van der Waals surface area contributed by atoms with Gasteiger partial charge < -0.3 is 10.1 Å². The average Bonchev–Trinajstić information content (AvgIpc) is 2.77. The van der Waals surface area contributed by atoms with Gasteiger partial charge in [-0.25, -0.2) is 4.79 Å². The number of nitrogens with zero attached hydrogens (tertiary/aromatic N) is 2. The molecule has 1 unspecified atom stereocenters. The number of aromatic nitrogens is 2. The Morgan fingerprint density at radius 2 is 2.08 bits per heavy atom. The number of carbonyl (C=O) groups is 2. The predicted octanol–water partition coefficient (Wildman–Crippen LogP) is 2.72. The molecule has 128 valence electrons. The summed E-state index contributed by atoms with van der Waals surface area (Å²) < 4.78 is 6.70. The molecule has 1 aromatic carbocycles. The maximum atomic E-state index is 12.1. The third-order valence-corrected chi connectivity index (χ3v) is 4.01. The second-order valence-electron chi connectivity index (χ2n) is 5.59. The summed E-state index contributed by atoms with van der Waals surface area (Å²) in [6.45, 7) is 4.99. The lowest BCUT2D eigenvalue weighted by Crippen LogP contribution is -2.31. The highest BCUT2D eigenvalue weighted by Crippen LogP contribution is 2.17. The van der Waals surface area contributed by atoms with E-state index in [2.05, 4.69) is 10.4 Å². The van der Waals surface area contributed by atoms with Gasteiger partial charge in [-0.15, -0.1) is 0 Å². The molecule has 1 aromatic heterocycles. The molecule has 24 heavy (non-hydrogen) atoms. The fourth-order valence-corrected chi connectivity index (χ4v) is 2.61. The van der Waals surface area contributed by atoms with E-state index in [-0.39, 0.29) is 18.6 Å². The van der Waals surface area contributed by atoms with Gasteiger partial charge in [0.1, 0.15) is 5.56 Å². The minimum absolute atomic E-state index is 0.239. The van der Waals surface area contributed by atoms with E-state index in [9.17, 15) is 9.59 Å². The molecule has 0 aliphatic carbocycles. The molecule has 0 saturated carbocycles. The summed E-state index contributed by atoms with van der Waals surface area (Å²) in [6, 6.07) is 6.98. The number of hydrogen-bond donors (Lipinski definition) is 1. The van der Waals surface area contributed by atoms with Gasteiger partial charge in [-0.3, -0.25) is 9.48 Å². The minimum Gasteiger partial charge on any atom is -0.452 e. The Labute approximate surface area is 145 Å². The molecular formula is C17H20ClN3O3. The van der Waals surface area contributed by atoms with Gasteiger partial charge >= 0.3 is 5.97 Å². The summed E-state index contributed by atoms with van der Waals surface area (Å²) in [5.41, 5.74) is 2.55. The summed E-state index contributed by atoms with van der Waals surface area (Å²) in [4.78, 5) is 24.1. The lowest BCUT2D eigenvalue weighted by molar-refractivity contribution is -0.124. The summed E-state index contributed by atoms with van der Waals surface area (Å²) >= 11 is 5.94. The van der Waals surface area contributed by atoms with Crippen LogP contribution in [0.15, 0.2) is 24.3 Å². The van der Waals surface area contributed by atoms with E-state index >= 15 is 0 Å². The quantitative estimate of drug-likeness (QED) is 0.842. The van der Waals surface area contributed by atoms with Gasteiger partial charge in [0.15, 0.2) is 6.61 Å². The second-order valence-corrected chi connectivity index (χ2v) is 6.03. The van der Waals surface area contributed by atoms with E-state index in [1.807, 2.05) is 19.1 Å². The fourth-order valence-electron chi connectivity index (χ4n) is 2.41. The smallest absolute Gasteiger partial charge is 0.342 e. The Bertz CT molecular complexity index is 770. The van der Waals surface area contributed by atoms with Crippen LogP contribution >= 0.6 is 11.6 Å². The van der Waals surface area contributed by atoms with Crippen LogP contribution in [0.2, 0.25) is 5.02 Å². The molecule has 2 aromatic rings. The van der Waals surface area contributed by atoms with Crippen LogP contribution < -0.4 is 5.32 Å². The van der Waals surface area contributed by atoms with Crippen molar-refractivity contribution in [1.82, 2.24) is 15.1 Å². The van der Waals surface area contributed by atoms with Crippen molar-refractivity contribution < 1.29 is 14.3 Å². The lowest BCUT2D eigenvalue weighted by atomic mass is 10.1. The van der Waals surface area contributed by atoms with Gasteiger partial charge in [-0.05, 0) is 38.5 Å². The molecule has 0 fully saturated rings. The van der Waals surface area contributed by atoms with Gasteiger partial charge in [-0.1, -0.05) is 23.7 Å². The first kappa shape index (κ1) is 18.0. The first-order chi connectivity index (χ1) is 11.3. The molecule has 1 N–H and O–H groups in total. The molecule has 1 heterocycles. The number of hydrogen-bond acceptors (Lipinski definition) is 4. The highest BCUT2D eigenvalue weighted by atomic mass is 35.5. The monoisotopic (exact) mass is 349 g/mol. The number of aryl methyl sites for hydroxylation is 2. The summed E-state index contributed by atoms with van der Waals surface area (Å²) in [5, 5.41) is 7.53. The van der Waals surface area contributed by atoms with E-state index < -0.39 is 5.97 Å². The van der Waals surface area contributed by atoms with Crippen LogP contribution in [0.3, 0.4) is 0 Å². The Morgan fingerprint density at radius 3 is 2.67 bits per heavy atom. The third kappa shape index (κ3) is 4.14. The molecular weight excluding hydrogens is 330 g/mol. The van der Waals surface area contributed by atoms with Crippen molar-refractivity contribution in [3.8, 4) is 0 Å². The van der Waals surface area contributed by atoms with Crippen LogP contribution in [-0.4, -0.2) is 28.3 Å². The summed E-state index contributed by atoms with van der Waals surface area (Å²) in [6.07, 6.45) is 0. The van der Waals surface area contributed by atoms with Crippen LogP contribution in [0, 0.1) is 13.8 Å². The van der Waals surface area contributed by atoms with Crippen molar-refractivity contribution in [2.24, 2.45) is 7.05 Å². The number of carbonyl (C=O) groups excluding carboxylic acids is 2. The number of amides is 1. The first-order valence-corrected chi connectivity index (χ1v) is 7.89. The van der Waals surface area contributed by atoms with E-state index in [1.54, 1.807) is 37.7 Å². The maximum absolute atomic E-state index is 12.1. The van der Waals surface area contributed by atoms with Gasteiger partial charge in [0, 0.05) is 17.8 Å². The second kappa shape index (κ2) is 7.49. The maximum Gasteiger partial charge on any atom is 0.342 e. The van der Waals surface area contributed by atoms with Crippen molar-refractivity contribution in [1.29, 1.82) is 0 Å². The molecule has 0 aliphatic rings. The summed E-state index contributed by atoms with van der Waals surface area (Å²) in [7, 11) is 1.75. The van der Waals surface area contributed by atoms with Crippen molar-refractivity contribution in [2.45, 2.75) is 26.8 Å². The van der Waals surface area contributed by atoms with Crippen LogP contribution in [0.25, 0.3) is 0 Å². The standard InChI is InChI=1S/C17H20ClN3O3/c1-10(13-6-5-7-14(18)8-13)19-15(22)9-24-17(23)16-11(2)20-21(4)12(16)3/h5-8,10H,9H2,1-4H3,(H,19,22). The van der Waals surface area contributed by atoms with Gasteiger partial charge in [0.05, 0.1) is 11.7 Å². The molecule has 7 heteroatoms. The Balaban J connectivity index is 1.92. The Kier molecular flexibility index (Phi) is 5.62. The number of ether oxygens (including phenoxy) is 1. The zero-order valence-corrected chi connectivity index (χ0v) is 14.8. The van der Waals surface area contributed by atoms with Gasteiger partial charge in [-0.2, -0.15) is 5.10 Å². The zero-order chi connectivity index (χ0) is 17.9. The first-order valence-electron chi connectivity index (χ1n) is 7.51. The molecule has 0 spiro atoms. The Morgan fingerprint density at radius 1 is 1.38 bits per heavy atom. The molecule has 0 radical (unpaired) electrons. The number of esters is 1. The van der Waals surface area contributed by atoms with Crippen molar-refractivity contribution in [2.75, 3.05) is 6.61 Å². The van der Waals surface area contributed by atoms with E-state index in [0.29, 0.717) is 22.0 Å². The largest absolute Gasteiger partial charge is 0.452 e. The van der Waals surface area contributed by atoms with Crippen LogP contribution in [0.5, 0.6) is 0 Å². The van der Waals surface area contributed by atoms with Crippen molar-refractivity contribution in [3.63, 3.8) is 0 Å². The van der Waals surface area contributed by atoms with Crippen LogP contribution in [-0.2, 0) is 16.6 Å². The SMILES string of the molecule is Cc1nn(C)c(C)c1C(=O)OCC(=O)NC(C)c1cccc(Cl)c1. The highest BCUT2D eigenvalue weighted by Gasteiger charge is 2.20. The Hall–Kier alpha value is -2.34. The van der Waals surface area contributed by atoms with Gasteiger partial charge in [0.2, 0.25) is 0 Å². The molecule has 6 nitrogen and oxygen atoms in total. The molecule has 0 bridgehead atoms. The van der Waals surface area contributed by atoms with Crippen LogP contribution in [0.1, 0.15) is 40.3 Å². The number of benzene rings is 1. The fraction of sp³-hybridized carbons (Fsp3) is 0.353. The number of nitrogens with one attached hydrogen (secondary N) is 1. The van der Waals surface area contributed by atoms with Crippen molar-refractivity contribution in [3.05, 3.63) is 51.8 Å². The molecule has 0 saturated heterocycles. The zero-order valence-electron chi connectivity index (χ0n) is 14.1. The average molecular weight is 350 g/mol. The lowest BCUT2D eigenvalue weighted by Gasteiger charge is -2.14.